The van der Waals surface area contributed by atoms with Crippen molar-refractivity contribution in [2.75, 3.05) is 27.3 Å². The van der Waals surface area contributed by atoms with Crippen LogP contribution in [0.15, 0.2) is 18.3 Å². The van der Waals surface area contributed by atoms with Crippen molar-refractivity contribution in [2.45, 2.75) is 18.8 Å². The Morgan fingerprint density at radius 3 is 2.42 bits per heavy atom. The van der Waals surface area contributed by atoms with Crippen LogP contribution in [0.1, 0.15) is 24.3 Å². The highest BCUT2D eigenvalue weighted by atomic mass is 16.5. The van der Waals surface area contributed by atoms with Crippen molar-refractivity contribution >= 4 is 10.9 Å². The van der Waals surface area contributed by atoms with Crippen LogP contribution in [0, 0.1) is 0 Å². The summed E-state index contributed by atoms with van der Waals surface area (Å²) in [6.07, 6.45) is 4.46. The predicted molar refractivity (Wildman–Crippen MR) is 76.2 cm³/mol. The van der Waals surface area contributed by atoms with Gasteiger partial charge in [-0.25, -0.2) is 0 Å². The number of methoxy groups -OCH3 is 2. The van der Waals surface area contributed by atoms with E-state index in [2.05, 4.69) is 16.5 Å². The first-order valence-corrected chi connectivity index (χ1v) is 6.78. The number of ether oxygens (including phenoxy) is 2. The van der Waals surface area contributed by atoms with Crippen LogP contribution in [0.2, 0.25) is 0 Å². The van der Waals surface area contributed by atoms with E-state index in [0.29, 0.717) is 5.92 Å². The monoisotopic (exact) mass is 260 g/mol. The Kier molecular flexibility index (Phi) is 3.34. The Bertz CT molecular complexity index is 571. The Balaban J connectivity index is 2.14. The third kappa shape index (κ3) is 2.06. The molecule has 1 aliphatic heterocycles. The molecule has 0 saturated carbocycles. The van der Waals surface area contributed by atoms with Crippen molar-refractivity contribution in [1.29, 1.82) is 0 Å². The van der Waals surface area contributed by atoms with Crippen LogP contribution in [0.4, 0.5) is 0 Å². The van der Waals surface area contributed by atoms with E-state index in [0.717, 1.165) is 30.1 Å². The standard InChI is InChI=1S/C15H20N2O2/c1-18-12-3-4-13(19-2)15-14(12)11(9-17-15)10-5-7-16-8-6-10/h3-4,9-10,16-17H,5-8H2,1-2H3. The van der Waals surface area contributed by atoms with E-state index in [-0.39, 0.29) is 0 Å². The van der Waals surface area contributed by atoms with Gasteiger partial charge in [-0.3, -0.25) is 0 Å². The molecule has 2 N–H and O–H groups in total. The van der Waals surface area contributed by atoms with Gasteiger partial charge >= 0.3 is 0 Å². The number of fused-ring (bicyclic) bond motifs is 1. The van der Waals surface area contributed by atoms with Crippen LogP contribution in [-0.4, -0.2) is 32.3 Å². The zero-order valence-electron chi connectivity index (χ0n) is 11.5. The molecule has 0 spiro atoms. The lowest BCUT2D eigenvalue weighted by Crippen LogP contribution is -2.26. The van der Waals surface area contributed by atoms with Gasteiger partial charge in [0.2, 0.25) is 0 Å². The molecule has 0 amide bonds. The van der Waals surface area contributed by atoms with E-state index in [1.54, 1.807) is 14.2 Å². The average molecular weight is 260 g/mol. The molecule has 4 heteroatoms. The highest BCUT2D eigenvalue weighted by Crippen LogP contribution is 2.40. The predicted octanol–water partition coefficient (Wildman–Crippen LogP) is 2.65. The van der Waals surface area contributed by atoms with Crippen molar-refractivity contribution in [2.24, 2.45) is 0 Å². The second-order valence-electron chi connectivity index (χ2n) is 4.99. The summed E-state index contributed by atoms with van der Waals surface area (Å²) in [7, 11) is 3.42. The quantitative estimate of drug-likeness (QED) is 0.892. The minimum absolute atomic E-state index is 0.594. The van der Waals surface area contributed by atoms with Gasteiger partial charge in [-0.1, -0.05) is 0 Å². The molecule has 3 rings (SSSR count). The highest BCUT2D eigenvalue weighted by molar-refractivity contribution is 5.94. The SMILES string of the molecule is COc1ccc(OC)c2c(C3CCNCC3)c[nH]c12. The van der Waals surface area contributed by atoms with Crippen molar-refractivity contribution in [1.82, 2.24) is 10.3 Å². The van der Waals surface area contributed by atoms with Gasteiger partial charge in [0.25, 0.3) is 0 Å². The molecule has 4 nitrogen and oxygen atoms in total. The summed E-state index contributed by atoms with van der Waals surface area (Å²) < 4.78 is 11.0. The van der Waals surface area contributed by atoms with Gasteiger partial charge in [0.15, 0.2) is 0 Å². The Morgan fingerprint density at radius 2 is 1.74 bits per heavy atom. The molecule has 0 radical (unpaired) electrons. The third-order valence-electron chi connectivity index (χ3n) is 4.01. The molecule has 2 heterocycles. The maximum atomic E-state index is 5.53. The van der Waals surface area contributed by atoms with Crippen molar-refractivity contribution < 1.29 is 9.47 Å². The molecule has 0 bridgehead atoms. The summed E-state index contributed by atoms with van der Waals surface area (Å²) in [4.78, 5) is 3.35. The second-order valence-corrected chi connectivity index (χ2v) is 4.99. The van der Waals surface area contributed by atoms with Crippen LogP contribution in [-0.2, 0) is 0 Å². The summed E-state index contributed by atoms with van der Waals surface area (Å²) in [6.45, 7) is 2.17. The smallest absolute Gasteiger partial charge is 0.143 e. The number of aromatic nitrogens is 1. The van der Waals surface area contributed by atoms with Gasteiger partial charge in [0.05, 0.1) is 19.7 Å². The summed E-state index contributed by atoms with van der Waals surface area (Å²) in [5, 5.41) is 4.58. The highest BCUT2D eigenvalue weighted by Gasteiger charge is 2.22. The Morgan fingerprint density at radius 1 is 1.05 bits per heavy atom. The van der Waals surface area contributed by atoms with E-state index >= 15 is 0 Å². The van der Waals surface area contributed by atoms with Gasteiger partial charge < -0.3 is 19.8 Å². The van der Waals surface area contributed by atoms with E-state index in [4.69, 9.17) is 9.47 Å². The van der Waals surface area contributed by atoms with E-state index in [9.17, 15) is 0 Å². The fraction of sp³-hybridized carbons (Fsp3) is 0.467. The average Bonchev–Trinajstić information content (AvgIpc) is 2.92. The lowest BCUT2D eigenvalue weighted by Gasteiger charge is -2.22. The lowest BCUT2D eigenvalue weighted by atomic mass is 9.90. The maximum absolute atomic E-state index is 5.53. The van der Waals surface area contributed by atoms with Gasteiger partial charge in [0.1, 0.15) is 11.5 Å². The lowest BCUT2D eigenvalue weighted by molar-refractivity contribution is 0.409. The van der Waals surface area contributed by atoms with Gasteiger partial charge in [-0.2, -0.15) is 0 Å². The summed E-state index contributed by atoms with van der Waals surface area (Å²) in [5.41, 5.74) is 2.39. The van der Waals surface area contributed by atoms with E-state index in [1.807, 2.05) is 12.1 Å². The summed E-state index contributed by atoms with van der Waals surface area (Å²) in [6, 6.07) is 3.93. The second kappa shape index (κ2) is 5.13. The van der Waals surface area contributed by atoms with Crippen LogP contribution >= 0.6 is 0 Å². The number of H-pyrrole nitrogens is 1. The molecule has 102 valence electrons. The largest absolute Gasteiger partial charge is 0.496 e. The van der Waals surface area contributed by atoms with Crippen LogP contribution in [0.5, 0.6) is 11.5 Å². The minimum atomic E-state index is 0.594. The topological polar surface area (TPSA) is 46.3 Å². The molecule has 2 aromatic rings. The van der Waals surface area contributed by atoms with Crippen molar-refractivity contribution in [3.05, 3.63) is 23.9 Å². The van der Waals surface area contributed by atoms with Gasteiger partial charge in [0, 0.05) is 11.6 Å². The molecule has 1 aromatic heterocycles. The Labute approximate surface area is 113 Å². The van der Waals surface area contributed by atoms with Crippen LogP contribution in [0.3, 0.4) is 0 Å². The molecule has 1 aliphatic rings. The van der Waals surface area contributed by atoms with Crippen molar-refractivity contribution in [3.63, 3.8) is 0 Å². The first kappa shape index (κ1) is 12.4. The molecular formula is C15H20N2O2. The number of hydrogen-bond acceptors (Lipinski definition) is 3. The molecule has 1 fully saturated rings. The number of rotatable bonds is 3. The molecule has 0 aliphatic carbocycles. The fourth-order valence-corrected chi connectivity index (χ4v) is 3.01. The number of benzene rings is 1. The molecule has 0 unspecified atom stereocenters. The van der Waals surface area contributed by atoms with Crippen molar-refractivity contribution in [3.8, 4) is 11.5 Å². The normalized spacial score (nSPS) is 16.7. The molecule has 1 aromatic carbocycles. The minimum Gasteiger partial charge on any atom is -0.496 e. The number of aromatic amines is 1. The third-order valence-corrected chi connectivity index (χ3v) is 4.01. The molecule has 0 atom stereocenters. The zero-order valence-corrected chi connectivity index (χ0v) is 11.5. The van der Waals surface area contributed by atoms with Crippen LogP contribution in [0.25, 0.3) is 10.9 Å². The fourth-order valence-electron chi connectivity index (χ4n) is 3.01. The van der Waals surface area contributed by atoms with Gasteiger partial charge in [-0.05, 0) is 49.5 Å². The Hall–Kier alpha value is -1.68. The summed E-state index contributed by atoms with van der Waals surface area (Å²) in [5.74, 6) is 2.39. The zero-order chi connectivity index (χ0) is 13.2. The molecule has 1 saturated heterocycles. The number of piperidine rings is 1. The molecular weight excluding hydrogens is 240 g/mol. The first-order chi connectivity index (χ1) is 9.35. The summed E-state index contributed by atoms with van der Waals surface area (Å²) >= 11 is 0. The van der Waals surface area contributed by atoms with Crippen LogP contribution < -0.4 is 14.8 Å². The maximum Gasteiger partial charge on any atom is 0.143 e. The van der Waals surface area contributed by atoms with Gasteiger partial charge in [-0.15, -0.1) is 0 Å². The number of hydrogen-bond donors (Lipinski definition) is 2. The van der Waals surface area contributed by atoms with E-state index < -0.39 is 0 Å². The van der Waals surface area contributed by atoms with E-state index in [1.165, 1.54) is 23.8 Å². The number of nitrogens with one attached hydrogen (secondary N) is 2. The molecule has 19 heavy (non-hydrogen) atoms. The first-order valence-electron chi connectivity index (χ1n) is 6.78.